The molecule has 4 N–H and O–H groups in total. The zero-order chi connectivity index (χ0) is 96.3. The second-order valence-corrected chi connectivity index (χ2v) is 40.3. The number of pyridine rings is 3. The SMILES string of the molecule is Cc1c(F)c(F)c(S(=O)(=O)N2CC[C@@H]2C(=O)N(Cc2ccc(C3CCCCC3)c[nH+]2)c2ccc3c(=O)[nH]ncc3c2)c(F)c1F.Cc1c(F)c(F)c(S(=O)(=O)N2CC[C@@H]2C(=O)N(Cc2ccc(C3CCCCC3)c[nH+]2)c2ccc3c(=O)n(C)ncc3c2)c(F)c1F.Cc1c(F)c(F)c(S(=O)(=O)N2CC[C@@H]2C(=O)N(Cc2ccc(C3CCCCC3)c[nH+]2)c2ccc3c(c2)COC3=O)c(F)c1F.[Cl-].[Cl-].[Cl-]. The molecule has 3 amide bonds. The van der Waals surface area contributed by atoms with Crippen molar-refractivity contribution in [2.75, 3.05) is 34.3 Å². The molecule has 3 atom stereocenters. The van der Waals surface area contributed by atoms with Crippen molar-refractivity contribution < 1.29 is 154 Å². The number of ether oxygens (including phenoxy) is 1. The fourth-order valence-corrected chi connectivity index (χ4v) is 23.8. The molecule has 4 aliphatic heterocycles. The lowest BCUT2D eigenvalue weighted by Crippen LogP contribution is -3.00. The Morgan fingerprint density at radius 2 is 0.732 bits per heavy atom. The highest BCUT2D eigenvalue weighted by Crippen LogP contribution is 2.43. The zero-order valence-electron chi connectivity index (χ0n) is 74.4. The summed E-state index contributed by atoms with van der Waals surface area (Å²) in [6.45, 7) is 1.33. The number of carbonyl (C=O) groups is 4. The summed E-state index contributed by atoms with van der Waals surface area (Å²) >= 11 is 0. The first kappa shape index (κ1) is 104. The van der Waals surface area contributed by atoms with Crippen molar-refractivity contribution in [3.05, 3.63) is 274 Å². The Labute approximate surface area is 803 Å². The van der Waals surface area contributed by atoms with Gasteiger partial charge in [0.25, 0.3) is 11.1 Å². The molecule has 7 aliphatic rings. The molecule has 3 aliphatic carbocycles. The Kier molecular flexibility index (Phi) is 32.0. The monoisotopic (exact) mass is 2040 g/mol. The molecule has 0 spiro atoms. The van der Waals surface area contributed by atoms with Gasteiger partial charge in [0.15, 0.2) is 120 Å². The van der Waals surface area contributed by atoms with Gasteiger partial charge in [0.05, 0.1) is 28.7 Å². The largest absolute Gasteiger partial charge is 1.00 e. The summed E-state index contributed by atoms with van der Waals surface area (Å²) < 4.78 is 263. The topological polar surface area (TPSA) is 322 Å². The minimum Gasteiger partial charge on any atom is -1.00 e. The highest BCUT2D eigenvalue weighted by atomic mass is 35.5. The predicted molar refractivity (Wildman–Crippen MR) is 465 cm³/mol. The summed E-state index contributed by atoms with van der Waals surface area (Å²) in [5, 5.41) is 11.7. The maximum Gasteiger partial charge on any atom is 0.338 e. The van der Waals surface area contributed by atoms with Crippen LogP contribution >= 0.6 is 0 Å². The number of fused-ring (bicyclic) bond motifs is 3. The van der Waals surface area contributed by atoms with Gasteiger partial charge in [-0.1, -0.05) is 57.8 Å². The molecule has 44 heteroatoms. The summed E-state index contributed by atoms with van der Waals surface area (Å²) in [6.07, 6.45) is 25.7. The van der Waals surface area contributed by atoms with E-state index >= 15 is 0 Å². The van der Waals surface area contributed by atoms with Crippen LogP contribution in [0.5, 0.6) is 0 Å². The summed E-state index contributed by atoms with van der Waals surface area (Å²) in [7, 11) is -14.0. The number of anilines is 3. The Balaban J connectivity index is 0.000000173. The van der Waals surface area contributed by atoms with E-state index in [2.05, 4.69) is 30.2 Å². The molecular formula is C94H92Cl3F12N13O13S3. The first-order valence-electron chi connectivity index (χ1n) is 44.1. The fraction of sp³-hybridized carbons (Fsp3) is 0.372. The summed E-state index contributed by atoms with van der Waals surface area (Å²) in [5.41, 5.74) is 3.33. The third-order valence-electron chi connectivity index (χ3n) is 26.7. The van der Waals surface area contributed by atoms with Crippen molar-refractivity contribution >= 4 is 92.4 Å². The fourth-order valence-electron chi connectivity index (χ4n) is 18.5. The van der Waals surface area contributed by atoms with E-state index in [1.165, 1.54) is 88.4 Å². The van der Waals surface area contributed by atoms with Gasteiger partial charge in [-0.05, 0) is 169 Å². The van der Waals surface area contributed by atoms with Crippen molar-refractivity contribution in [1.82, 2.24) is 32.9 Å². The number of benzene rings is 6. The Morgan fingerprint density at radius 3 is 1.05 bits per heavy atom. The average molecular weight is 2040 g/mol. The van der Waals surface area contributed by atoms with E-state index < -0.39 is 179 Å². The van der Waals surface area contributed by atoms with Gasteiger partial charge in [0.2, 0.25) is 47.8 Å². The third kappa shape index (κ3) is 20.0. The molecule has 138 heavy (non-hydrogen) atoms. The van der Waals surface area contributed by atoms with Crippen molar-refractivity contribution in [1.29, 1.82) is 0 Å². The van der Waals surface area contributed by atoms with Gasteiger partial charge in [0, 0.05) is 112 Å². The minimum atomic E-state index is -5.18. The lowest BCUT2D eigenvalue weighted by molar-refractivity contribution is -0.391. The molecular weight excluding hydrogens is 1950 g/mol. The van der Waals surface area contributed by atoms with Crippen LogP contribution < -0.4 is 78.0 Å². The molecule has 11 aromatic rings. The number of aromatic amines is 4. The number of amides is 3. The van der Waals surface area contributed by atoms with Crippen LogP contribution in [0, 0.1) is 90.6 Å². The van der Waals surface area contributed by atoms with Crippen LogP contribution in [0.15, 0.2) is 146 Å². The highest BCUT2D eigenvalue weighted by Gasteiger charge is 2.52. The first-order valence-corrected chi connectivity index (χ1v) is 48.4. The molecule has 6 fully saturated rings. The van der Waals surface area contributed by atoms with Crippen LogP contribution in [-0.4, -0.2) is 120 Å². The maximum absolute atomic E-state index is 14.8. The molecule has 734 valence electrons. The van der Waals surface area contributed by atoms with Gasteiger partial charge in [-0.2, -0.15) is 23.1 Å². The quantitative estimate of drug-likeness (QED) is 0.0535. The van der Waals surface area contributed by atoms with E-state index in [-0.39, 0.29) is 108 Å². The van der Waals surface area contributed by atoms with Crippen LogP contribution in [-0.2, 0) is 82.5 Å². The molecule has 3 saturated heterocycles. The van der Waals surface area contributed by atoms with E-state index in [0.717, 1.165) is 115 Å². The number of esters is 1. The summed E-state index contributed by atoms with van der Waals surface area (Å²) in [4.78, 5) is 87.4. The van der Waals surface area contributed by atoms with Crippen molar-refractivity contribution in [2.24, 2.45) is 7.05 Å². The number of aryl methyl sites for hydroxylation is 1. The summed E-state index contributed by atoms with van der Waals surface area (Å²) in [6, 6.07) is 21.1. The van der Waals surface area contributed by atoms with E-state index in [4.69, 9.17) is 4.74 Å². The number of rotatable bonds is 21. The van der Waals surface area contributed by atoms with Gasteiger partial charge >= 0.3 is 5.97 Å². The molecule has 5 aromatic heterocycles. The number of halogens is 15. The number of aromatic nitrogens is 7. The molecule has 18 rings (SSSR count). The van der Waals surface area contributed by atoms with Crippen molar-refractivity contribution in [3.63, 3.8) is 0 Å². The molecule has 6 aromatic carbocycles. The first-order chi connectivity index (χ1) is 64.4. The Morgan fingerprint density at radius 1 is 0.413 bits per heavy atom. The Hall–Kier alpha value is -11.3. The highest BCUT2D eigenvalue weighted by molar-refractivity contribution is 7.89. The van der Waals surface area contributed by atoms with Gasteiger partial charge in [0.1, 0.15) is 44.4 Å². The smallest absolute Gasteiger partial charge is 0.338 e. The van der Waals surface area contributed by atoms with Crippen LogP contribution in [0.25, 0.3) is 21.5 Å². The van der Waals surface area contributed by atoms with Crippen LogP contribution in [0.3, 0.4) is 0 Å². The van der Waals surface area contributed by atoms with Crippen LogP contribution in [0.1, 0.15) is 200 Å². The molecule has 3 saturated carbocycles. The second kappa shape index (κ2) is 42.4. The summed E-state index contributed by atoms with van der Waals surface area (Å²) in [5.74, 6) is -24.7. The van der Waals surface area contributed by atoms with Crippen molar-refractivity contribution in [3.8, 4) is 0 Å². The van der Waals surface area contributed by atoms with Gasteiger partial charge in [-0.25, -0.2) is 107 Å². The number of hydrogen-bond acceptors (Lipinski definition) is 15. The normalized spacial score (nSPS) is 17.7. The van der Waals surface area contributed by atoms with Gasteiger partial charge < -0.3 is 56.7 Å². The Bertz CT molecular complexity index is 6990. The average Bonchev–Trinajstić information content (AvgIpc) is 1.01. The number of cyclic esters (lactones) is 1. The predicted octanol–water partition coefficient (Wildman–Crippen LogP) is 5.39. The van der Waals surface area contributed by atoms with Gasteiger partial charge in [-0.3, -0.25) is 24.0 Å². The van der Waals surface area contributed by atoms with Gasteiger partial charge in [-0.15, -0.1) is 0 Å². The molecule has 9 heterocycles. The number of nitrogens with zero attached hydrogens (tertiary/aromatic N) is 9. The molecule has 0 unspecified atom stereocenters. The molecule has 0 radical (unpaired) electrons. The van der Waals surface area contributed by atoms with Crippen molar-refractivity contribution in [2.45, 2.75) is 213 Å². The second-order valence-electron chi connectivity index (χ2n) is 34.8. The lowest BCUT2D eigenvalue weighted by atomic mass is 9.85. The number of nitrogens with one attached hydrogen (secondary N) is 4. The number of carbonyl (C=O) groups excluding carboxylic acids is 4. The minimum absolute atomic E-state index is 0. The van der Waals surface area contributed by atoms with E-state index in [0.29, 0.717) is 97.5 Å². The van der Waals surface area contributed by atoms with E-state index in [1.54, 1.807) is 24.3 Å². The molecule has 0 bridgehead atoms. The number of H-pyrrole nitrogens is 4. The standard InChI is InChI=1S/C32H31F4N5O4S.C31H29F4N5O4S.C31H29F4N3O5S.3ClH/c1-18-26(33)28(35)30(29(36)27(18)34)46(44,45)41-13-12-25(41)32(43)40(23-10-11-24-21(14-23)16-38-39(2)31(24)42)17-22-9-8-20(15-37-22)19-6-4-3-5-7-19;1-17-25(32)27(34)29(28(35)26(17)33)45(43,44)40-12-11-24(40)31(42)39(22-9-10-23-20(13-22)15-37-38-30(23)41)16-21-8-7-19(14-36-21)18-5-3-2-4-6-18;1-17-25(32)27(34)29(28(35)26(17)33)44(41,42)38-12-11-24(38)30(39)37(22-9-10-23-20(13-22)16-43-31(23)40)15-21-8-7-19(14-36-21)18-5-3-2-4-6-18;;;/h8-11,14-16,19,25H,3-7,12-13,17H2,1-2H3;7-10,13-15,18,24H,2-6,11-12,16H2,1H3,(H,38,41);7-10,13-14,18,24H,2-6,11-12,15-16H2,1H3;3*1H/t25-;2*24-;;;/m111.../s1. The van der Waals surface area contributed by atoms with Crippen LogP contribution in [0.2, 0.25) is 0 Å². The number of sulfonamides is 3. The van der Waals surface area contributed by atoms with E-state index in [1.807, 2.05) is 55.0 Å². The maximum atomic E-state index is 14.8. The lowest BCUT2D eigenvalue weighted by Gasteiger charge is -2.40. The third-order valence-corrected chi connectivity index (χ3v) is 32.5. The molecule has 26 nitrogen and oxygen atoms in total. The van der Waals surface area contributed by atoms with Crippen LogP contribution in [0.4, 0.5) is 69.7 Å². The zero-order valence-corrected chi connectivity index (χ0v) is 79.1. The number of hydrogen-bond donors (Lipinski definition) is 1. The van der Waals surface area contributed by atoms with E-state index in [9.17, 15) is 107 Å².